The highest BCUT2D eigenvalue weighted by molar-refractivity contribution is 7.16. The Morgan fingerprint density at radius 1 is 1.20 bits per heavy atom. The van der Waals surface area contributed by atoms with Gasteiger partial charge < -0.3 is 18.8 Å². The molecule has 1 amide bonds. The molecular formula is C22H28N2O5S. The van der Waals surface area contributed by atoms with Crippen LogP contribution in [0.2, 0.25) is 0 Å². The van der Waals surface area contributed by atoms with Crippen molar-refractivity contribution in [1.29, 1.82) is 0 Å². The molecule has 1 aromatic carbocycles. The summed E-state index contributed by atoms with van der Waals surface area (Å²) in [6, 6.07) is 3.71. The normalized spacial score (nSPS) is 21.2. The summed E-state index contributed by atoms with van der Waals surface area (Å²) in [6.45, 7) is 2.39. The van der Waals surface area contributed by atoms with E-state index in [0.29, 0.717) is 16.3 Å². The average Bonchev–Trinajstić information content (AvgIpc) is 3.34. The van der Waals surface area contributed by atoms with E-state index in [0.717, 1.165) is 41.8 Å². The van der Waals surface area contributed by atoms with Crippen LogP contribution in [0, 0.1) is 11.8 Å². The summed E-state index contributed by atoms with van der Waals surface area (Å²) in [6.07, 6.45) is 7.74. The second-order valence-corrected chi connectivity index (χ2v) is 9.04. The van der Waals surface area contributed by atoms with Gasteiger partial charge in [0.25, 0.3) is 5.91 Å². The number of hydrogen-bond donors (Lipinski definition) is 0. The van der Waals surface area contributed by atoms with Crippen molar-refractivity contribution in [3.05, 3.63) is 16.9 Å². The van der Waals surface area contributed by atoms with E-state index in [1.54, 1.807) is 4.57 Å². The maximum absolute atomic E-state index is 12.9. The number of esters is 1. The van der Waals surface area contributed by atoms with Gasteiger partial charge in [-0.15, -0.1) is 0 Å². The van der Waals surface area contributed by atoms with E-state index in [9.17, 15) is 9.59 Å². The predicted octanol–water partition coefficient (Wildman–Crippen LogP) is 4.03. The summed E-state index contributed by atoms with van der Waals surface area (Å²) in [5, 5.41) is 0. The number of nitrogens with zero attached hydrogens (tertiary/aromatic N) is 2. The Bertz CT molecular complexity index is 1000. The SMILES string of the molecule is CCCCC1CCC(C(=O)N=c2sc3cc4c(cc3n2CC(=O)OC)OCO4)CC1. The molecule has 0 unspecified atom stereocenters. The van der Waals surface area contributed by atoms with E-state index < -0.39 is 5.97 Å². The third-order valence-electron chi connectivity index (χ3n) is 6.06. The maximum Gasteiger partial charge on any atom is 0.325 e. The van der Waals surface area contributed by atoms with Gasteiger partial charge in [0.2, 0.25) is 6.79 Å². The summed E-state index contributed by atoms with van der Waals surface area (Å²) in [5.74, 6) is 1.52. The number of ether oxygens (including phenoxy) is 3. The number of hydrogen-bond acceptors (Lipinski definition) is 6. The van der Waals surface area contributed by atoms with Crippen molar-refractivity contribution in [1.82, 2.24) is 4.57 Å². The van der Waals surface area contributed by atoms with Crippen LogP contribution in [0.1, 0.15) is 51.9 Å². The number of fused-ring (bicyclic) bond motifs is 2. The van der Waals surface area contributed by atoms with E-state index in [-0.39, 0.29) is 25.2 Å². The molecule has 1 fully saturated rings. The van der Waals surface area contributed by atoms with Gasteiger partial charge in [0, 0.05) is 18.1 Å². The van der Waals surface area contributed by atoms with Crippen molar-refractivity contribution < 1.29 is 23.8 Å². The zero-order chi connectivity index (χ0) is 21.1. The number of thiazole rings is 1. The van der Waals surface area contributed by atoms with Crippen molar-refractivity contribution in [2.75, 3.05) is 13.9 Å². The number of benzene rings is 1. The molecular weight excluding hydrogens is 404 g/mol. The molecule has 4 rings (SSSR count). The van der Waals surface area contributed by atoms with Gasteiger partial charge >= 0.3 is 5.97 Å². The largest absolute Gasteiger partial charge is 0.468 e. The van der Waals surface area contributed by atoms with Gasteiger partial charge in [0.1, 0.15) is 6.54 Å². The van der Waals surface area contributed by atoms with Gasteiger partial charge in [0.05, 0.1) is 17.3 Å². The molecule has 162 valence electrons. The Morgan fingerprint density at radius 2 is 1.93 bits per heavy atom. The molecule has 8 heteroatoms. The summed E-state index contributed by atoms with van der Waals surface area (Å²) in [4.78, 5) is 29.9. The molecule has 0 spiro atoms. The molecule has 0 saturated heterocycles. The second-order valence-electron chi connectivity index (χ2n) is 8.03. The van der Waals surface area contributed by atoms with E-state index >= 15 is 0 Å². The highest BCUT2D eigenvalue weighted by atomic mass is 32.1. The number of carbonyl (C=O) groups excluding carboxylic acids is 2. The Morgan fingerprint density at radius 3 is 2.63 bits per heavy atom. The van der Waals surface area contributed by atoms with Gasteiger partial charge in [-0.3, -0.25) is 9.59 Å². The predicted molar refractivity (Wildman–Crippen MR) is 113 cm³/mol. The van der Waals surface area contributed by atoms with Crippen LogP contribution in [0.25, 0.3) is 10.2 Å². The van der Waals surface area contributed by atoms with Crippen molar-refractivity contribution in [2.45, 2.75) is 58.4 Å². The van der Waals surface area contributed by atoms with Gasteiger partial charge in [-0.05, 0) is 31.6 Å². The van der Waals surface area contributed by atoms with Crippen LogP contribution in [0.3, 0.4) is 0 Å². The standard InChI is InChI=1S/C22H28N2O5S/c1-3-4-5-14-6-8-15(9-7-14)21(26)23-22-24(12-20(25)27-2)16-10-17-18(29-13-28-17)11-19(16)30-22/h10-11,14-15H,3-9,12-13H2,1-2H3. The van der Waals surface area contributed by atoms with E-state index in [1.165, 1.54) is 37.7 Å². The van der Waals surface area contributed by atoms with Crippen LogP contribution < -0.4 is 14.3 Å². The van der Waals surface area contributed by atoms with Crippen molar-refractivity contribution in [2.24, 2.45) is 16.8 Å². The molecule has 0 atom stereocenters. The minimum atomic E-state index is -0.391. The van der Waals surface area contributed by atoms with Crippen LogP contribution >= 0.6 is 11.3 Å². The lowest BCUT2D eigenvalue weighted by Gasteiger charge is -2.26. The van der Waals surface area contributed by atoms with Crippen LogP contribution in [0.5, 0.6) is 11.5 Å². The number of carbonyl (C=O) groups is 2. The van der Waals surface area contributed by atoms with Crippen LogP contribution in [-0.4, -0.2) is 30.3 Å². The summed E-state index contributed by atoms with van der Waals surface area (Å²) in [5.41, 5.74) is 0.782. The van der Waals surface area contributed by atoms with Gasteiger partial charge in [-0.2, -0.15) is 4.99 Å². The minimum Gasteiger partial charge on any atom is -0.468 e. The Balaban J connectivity index is 1.61. The smallest absolute Gasteiger partial charge is 0.325 e. The van der Waals surface area contributed by atoms with Crippen LogP contribution in [0.15, 0.2) is 17.1 Å². The first-order valence-electron chi connectivity index (χ1n) is 10.7. The molecule has 30 heavy (non-hydrogen) atoms. The first kappa shape index (κ1) is 20.9. The highest BCUT2D eigenvalue weighted by Gasteiger charge is 2.26. The van der Waals surface area contributed by atoms with Crippen LogP contribution in [0.4, 0.5) is 0 Å². The van der Waals surface area contributed by atoms with Gasteiger partial charge in [0.15, 0.2) is 16.3 Å². The minimum absolute atomic E-state index is 0.00792. The van der Waals surface area contributed by atoms with Crippen molar-refractivity contribution >= 4 is 33.4 Å². The van der Waals surface area contributed by atoms with Gasteiger partial charge in [-0.1, -0.05) is 37.5 Å². The number of unbranched alkanes of at least 4 members (excludes halogenated alkanes) is 1. The van der Waals surface area contributed by atoms with E-state index in [2.05, 4.69) is 11.9 Å². The topological polar surface area (TPSA) is 79.1 Å². The van der Waals surface area contributed by atoms with Crippen molar-refractivity contribution in [3.8, 4) is 11.5 Å². The zero-order valence-electron chi connectivity index (χ0n) is 17.5. The molecule has 2 aliphatic rings. The Kier molecular flexibility index (Phi) is 6.41. The van der Waals surface area contributed by atoms with E-state index in [4.69, 9.17) is 14.2 Å². The lowest BCUT2D eigenvalue weighted by molar-refractivity contribution is -0.141. The number of methoxy groups -OCH3 is 1. The molecule has 2 heterocycles. The lowest BCUT2D eigenvalue weighted by atomic mass is 9.79. The molecule has 0 N–H and O–H groups in total. The fourth-order valence-corrected chi connectivity index (χ4v) is 5.31. The fourth-order valence-electron chi connectivity index (χ4n) is 4.27. The number of rotatable bonds is 6. The maximum atomic E-state index is 12.9. The molecule has 7 nitrogen and oxygen atoms in total. The van der Waals surface area contributed by atoms with Crippen LogP contribution in [-0.2, 0) is 20.9 Å². The molecule has 1 aliphatic heterocycles. The first-order valence-corrected chi connectivity index (χ1v) is 11.5. The summed E-state index contributed by atoms with van der Waals surface area (Å²) in [7, 11) is 1.35. The van der Waals surface area contributed by atoms with E-state index in [1.807, 2.05) is 12.1 Å². The first-order chi connectivity index (χ1) is 14.6. The quantitative estimate of drug-likeness (QED) is 0.644. The third-order valence-corrected chi connectivity index (χ3v) is 7.10. The fraction of sp³-hybridized carbons (Fsp3) is 0.591. The van der Waals surface area contributed by atoms with Gasteiger partial charge in [-0.25, -0.2) is 0 Å². The molecule has 0 bridgehead atoms. The zero-order valence-corrected chi connectivity index (χ0v) is 18.3. The third kappa shape index (κ3) is 4.38. The lowest BCUT2D eigenvalue weighted by Crippen LogP contribution is -2.26. The number of amides is 1. The molecule has 2 aromatic rings. The molecule has 1 aromatic heterocycles. The number of aromatic nitrogens is 1. The molecule has 1 saturated carbocycles. The Hall–Kier alpha value is -2.35. The highest BCUT2D eigenvalue weighted by Crippen LogP contribution is 2.37. The molecule has 0 radical (unpaired) electrons. The molecule has 1 aliphatic carbocycles. The summed E-state index contributed by atoms with van der Waals surface area (Å²) >= 11 is 1.38. The monoisotopic (exact) mass is 432 g/mol. The van der Waals surface area contributed by atoms with Crippen molar-refractivity contribution in [3.63, 3.8) is 0 Å². The Labute approximate surface area is 179 Å². The second kappa shape index (κ2) is 9.20. The average molecular weight is 433 g/mol. The summed E-state index contributed by atoms with van der Waals surface area (Å²) < 4.78 is 18.4.